The largest absolute Gasteiger partial charge is 0.385 e. The molecular formula is C24H30Cl2N4O3. The van der Waals surface area contributed by atoms with Crippen LogP contribution < -0.4 is 16.0 Å². The molecule has 1 amide bonds. The topological polar surface area (TPSA) is 84.5 Å². The summed E-state index contributed by atoms with van der Waals surface area (Å²) in [5, 5.41) is 10.5. The Kier molecular flexibility index (Phi) is 7.76. The Morgan fingerprint density at radius 2 is 2.03 bits per heavy atom. The minimum absolute atomic E-state index is 0.0835. The number of carbonyl (C=O) groups is 1. The minimum Gasteiger partial charge on any atom is -0.385 e. The minimum atomic E-state index is -0.550. The highest BCUT2D eigenvalue weighted by atomic mass is 35.5. The van der Waals surface area contributed by atoms with Gasteiger partial charge < -0.3 is 25.4 Å². The van der Waals surface area contributed by atoms with E-state index in [2.05, 4.69) is 34.8 Å². The van der Waals surface area contributed by atoms with Crippen molar-refractivity contribution in [2.45, 2.75) is 38.4 Å². The molecule has 1 aromatic heterocycles. The highest BCUT2D eigenvalue weighted by Gasteiger charge is 2.28. The Bertz CT molecular complexity index is 996. The molecule has 4 rings (SSSR count). The summed E-state index contributed by atoms with van der Waals surface area (Å²) in [7, 11) is 0. The van der Waals surface area contributed by atoms with Crippen LogP contribution in [-0.4, -0.2) is 55.4 Å². The number of hydrogen-bond acceptors (Lipinski definition) is 6. The molecule has 0 radical (unpaired) electrons. The maximum atomic E-state index is 12.5. The van der Waals surface area contributed by atoms with E-state index in [1.165, 1.54) is 6.20 Å². The van der Waals surface area contributed by atoms with Gasteiger partial charge in [-0.15, -0.1) is 0 Å². The molecule has 2 atom stereocenters. The fourth-order valence-electron chi connectivity index (χ4n) is 4.29. The first-order chi connectivity index (χ1) is 15.8. The molecule has 2 aliphatic rings. The van der Waals surface area contributed by atoms with Crippen LogP contribution in [0.25, 0.3) is 11.1 Å². The summed E-state index contributed by atoms with van der Waals surface area (Å²) in [6.07, 6.45) is 3.02. The average molecular weight is 493 g/mol. The first-order valence-electron chi connectivity index (χ1n) is 11.3. The molecule has 0 bridgehead atoms. The lowest BCUT2D eigenvalue weighted by Gasteiger charge is -2.35. The number of carbonyl (C=O) groups excluding carboxylic acids is 1. The summed E-state index contributed by atoms with van der Waals surface area (Å²) in [6.45, 7) is 7.62. The summed E-state index contributed by atoms with van der Waals surface area (Å²) < 4.78 is 11.3. The SMILES string of the molecule is CC1(C)C[C@H](CNc2ccc(Cl)c(-c3cc(NC(=O)[C@H]4CNCCO4)ncc3Cl)c2)CCO1. The lowest BCUT2D eigenvalue weighted by atomic mass is 9.88. The van der Waals surface area contributed by atoms with Gasteiger partial charge in [-0.3, -0.25) is 4.79 Å². The van der Waals surface area contributed by atoms with Crippen LogP contribution in [0.4, 0.5) is 11.5 Å². The summed E-state index contributed by atoms with van der Waals surface area (Å²) >= 11 is 13.0. The van der Waals surface area contributed by atoms with Crippen molar-refractivity contribution in [3.8, 4) is 11.1 Å². The Balaban J connectivity index is 1.48. The number of aromatic nitrogens is 1. The second kappa shape index (κ2) is 10.6. The molecule has 0 spiro atoms. The maximum absolute atomic E-state index is 12.5. The van der Waals surface area contributed by atoms with Gasteiger partial charge in [0.2, 0.25) is 0 Å². The zero-order chi connectivity index (χ0) is 23.4. The molecule has 2 fully saturated rings. The highest BCUT2D eigenvalue weighted by Crippen LogP contribution is 2.36. The van der Waals surface area contributed by atoms with Crippen LogP contribution in [0.3, 0.4) is 0 Å². The van der Waals surface area contributed by atoms with Crippen molar-refractivity contribution in [3.05, 3.63) is 40.5 Å². The second-order valence-corrected chi connectivity index (χ2v) is 9.96. The standard InChI is InChI=1S/C24H30Cl2N4O3/c1-24(2)11-15(5-7-33-24)12-28-16-3-4-19(25)17(9-16)18-10-22(29-13-20(18)26)30-23(31)21-14-27-6-8-32-21/h3-4,9-10,13,15,21,27-28H,5-8,11-12,14H2,1-2H3,(H,29,30,31)/t15-,21-/m1/s1. The molecular weight excluding hydrogens is 463 g/mol. The molecule has 3 N–H and O–H groups in total. The number of anilines is 2. The smallest absolute Gasteiger partial charge is 0.255 e. The maximum Gasteiger partial charge on any atom is 0.255 e. The van der Waals surface area contributed by atoms with Crippen molar-refractivity contribution in [1.82, 2.24) is 10.3 Å². The van der Waals surface area contributed by atoms with Gasteiger partial charge >= 0.3 is 0 Å². The average Bonchev–Trinajstić information content (AvgIpc) is 2.80. The number of halogens is 2. The number of morpholine rings is 1. The van der Waals surface area contributed by atoms with Crippen LogP contribution in [-0.2, 0) is 14.3 Å². The molecule has 178 valence electrons. The molecule has 0 saturated carbocycles. The van der Waals surface area contributed by atoms with Gasteiger partial charge in [-0.05, 0) is 56.9 Å². The number of rotatable bonds is 6. The number of amides is 1. The van der Waals surface area contributed by atoms with Gasteiger partial charge in [0.1, 0.15) is 11.9 Å². The van der Waals surface area contributed by atoms with E-state index in [-0.39, 0.29) is 11.5 Å². The number of hydrogen-bond donors (Lipinski definition) is 3. The van der Waals surface area contributed by atoms with Gasteiger partial charge in [-0.2, -0.15) is 0 Å². The van der Waals surface area contributed by atoms with E-state index in [1.807, 2.05) is 18.2 Å². The van der Waals surface area contributed by atoms with Gasteiger partial charge in [0, 0.05) is 54.3 Å². The van der Waals surface area contributed by atoms with Crippen LogP contribution in [0.2, 0.25) is 10.0 Å². The summed E-state index contributed by atoms with van der Waals surface area (Å²) in [5.74, 6) is 0.687. The molecule has 33 heavy (non-hydrogen) atoms. The molecule has 2 aromatic rings. The molecule has 3 heterocycles. The first kappa shape index (κ1) is 24.2. The molecule has 2 aliphatic heterocycles. The Morgan fingerprint density at radius 1 is 1.21 bits per heavy atom. The summed E-state index contributed by atoms with van der Waals surface area (Å²) in [4.78, 5) is 16.8. The van der Waals surface area contributed by atoms with Crippen LogP contribution in [0.1, 0.15) is 26.7 Å². The van der Waals surface area contributed by atoms with Gasteiger partial charge in [-0.1, -0.05) is 23.2 Å². The van der Waals surface area contributed by atoms with Crippen molar-refractivity contribution >= 4 is 40.6 Å². The molecule has 2 saturated heterocycles. The first-order valence-corrected chi connectivity index (χ1v) is 12.0. The lowest BCUT2D eigenvalue weighted by molar-refractivity contribution is -0.128. The van der Waals surface area contributed by atoms with Crippen LogP contribution >= 0.6 is 23.2 Å². The second-order valence-electron chi connectivity index (χ2n) is 9.14. The third-order valence-corrected chi connectivity index (χ3v) is 6.61. The molecule has 0 unspecified atom stereocenters. The Morgan fingerprint density at radius 3 is 2.79 bits per heavy atom. The number of ether oxygens (including phenoxy) is 2. The van der Waals surface area contributed by atoms with Gasteiger partial charge in [0.25, 0.3) is 5.91 Å². The Hall–Kier alpha value is -1.90. The summed E-state index contributed by atoms with van der Waals surface area (Å²) in [6, 6.07) is 7.53. The molecule has 0 aliphatic carbocycles. The predicted molar refractivity (Wildman–Crippen MR) is 132 cm³/mol. The van der Waals surface area contributed by atoms with Crippen molar-refractivity contribution in [1.29, 1.82) is 0 Å². The summed E-state index contributed by atoms with van der Waals surface area (Å²) in [5.41, 5.74) is 2.34. The van der Waals surface area contributed by atoms with Crippen LogP contribution in [0, 0.1) is 5.92 Å². The van der Waals surface area contributed by atoms with Crippen molar-refractivity contribution in [2.24, 2.45) is 5.92 Å². The number of nitrogens with zero attached hydrogens (tertiary/aromatic N) is 1. The predicted octanol–water partition coefficient (Wildman–Crippen LogP) is 4.60. The molecule has 7 nitrogen and oxygen atoms in total. The van der Waals surface area contributed by atoms with E-state index in [0.29, 0.717) is 40.5 Å². The lowest BCUT2D eigenvalue weighted by Crippen LogP contribution is -2.45. The van der Waals surface area contributed by atoms with E-state index in [0.717, 1.165) is 43.8 Å². The third-order valence-electron chi connectivity index (χ3n) is 5.98. The number of nitrogens with one attached hydrogen (secondary N) is 3. The van der Waals surface area contributed by atoms with E-state index >= 15 is 0 Å². The number of pyridine rings is 1. The highest BCUT2D eigenvalue weighted by molar-refractivity contribution is 6.36. The quantitative estimate of drug-likeness (QED) is 0.546. The van der Waals surface area contributed by atoms with Crippen molar-refractivity contribution < 1.29 is 14.3 Å². The molecule has 1 aromatic carbocycles. The van der Waals surface area contributed by atoms with Gasteiger partial charge in [0.05, 0.1) is 17.2 Å². The molecule has 9 heteroatoms. The van der Waals surface area contributed by atoms with E-state index in [9.17, 15) is 4.79 Å². The zero-order valence-electron chi connectivity index (χ0n) is 18.9. The van der Waals surface area contributed by atoms with Crippen molar-refractivity contribution in [2.75, 3.05) is 43.5 Å². The monoisotopic (exact) mass is 492 g/mol. The van der Waals surface area contributed by atoms with Gasteiger partial charge in [-0.25, -0.2) is 4.98 Å². The van der Waals surface area contributed by atoms with E-state index in [4.69, 9.17) is 32.7 Å². The van der Waals surface area contributed by atoms with Crippen LogP contribution in [0.15, 0.2) is 30.5 Å². The normalized spacial score (nSPS) is 22.5. The van der Waals surface area contributed by atoms with Gasteiger partial charge in [0.15, 0.2) is 0 Å². The Labute approximate surface area is 204 Å². The third kappa shape index (κ3) is 6.37. The fourth-order valence-corrected chi connectivity index (χ4v) is 4.71. The van der Waals surface area contributed by atoms with E-state index in [1.54, 1.807) is 6.07 Å². The van der Waals surface area contributed by atoms with Crippen molar-refractivity contribution in [3.63, 3.8) is 0 Å². The van der Waals surface area contributed by atoms with Crippen LogP contribution in [0.5, 0.6) is 0 Å². The number of benzene rings is 1. The zero-order valence-corrected chi connectivity index (χ0v) is 20.4. The van der Waals surface area contributed by atoms with E-state index < -0.39 is 6.10 Å². The fraction of sp³-hybridized carbons (Fsp3) is 0.500.